The number of rotatable bonds is 8. The van der Waals surface area contributed by atoms with E-state index in [2.05, 4.69) is 65.1 Å². The minimum absolute atomic E-state index is 0.297. The highest BCUT2D eigenvalue weighted by Gasteiger charge is 2.18. The molecule has 0 spiro atoms. The van der Waals surface area contributed by atoms with Crippen LogP contribution in [0.5, 0.6) is 0 Å². The Kier molecular flexibility index (Phi) is 8.76. The molecule has 7 heteroatoms. The summed E-state index contributed by atoms with van der Waals surface area (Å²) >= 11 is 0. The summed E-state index contributed by atoms with van der Waals surface area (Å²) in [5.41, 5.74) is 3.69. The Morgan fingerprint density at radius 1 is 1.14 bits per heavy atom. The first-order chi connectivity index (χ1) is 13.3. The monoisotopic (exact) mass is 391 g/mol. The molecule has 1 aromatic rings. The Labute approximate surface area is 171 Å². The van der Waals surface area contributed by atoms with Gasteiger partial charge >= 0.3 is 0 Å². The number of guanidine groups is 1. The minimum atomic E-state index is 0.297. The number of nitrogens with zero attached hydrogens (tertiary/aromatic N) is 5. The maximum atomic E-state index is 4.52. The predicted octanol–water partition coefficient (Wildman–Crippen LogP) is 1.41. The van der Waals surface area contributed by atoms with Crippen LogP contribution in [0.25, 0.3) is 0 Å². The molecule has 160 valence electrons. The van der Waals surface area contributed by atoms with E-state index in [0.29, 0.717) is 12.0 Å². The Bertz CT molecular complexity index is 629. The van der Waals surface area contributed by atoms with Crippen LogP contribution in [0, 0.1) is 19.8 Å². The van der Waals surface area contributed by atoms with Crippen LogP contribution in [-0.2, 0) is 13.5 Å². The van der Waals surface area contributed by atoms with Gasteiger partial charge in [0.05, 0.1) is 5.69 Å². The van der Waals surface area contributed by atoms with Crippen molar-refractivity contribution in [3.8, 4) is 0 Å². The van der Waals surface area contributed by atoms with Crippen LogP contribution < -0.4 is 10.6 Å². The second-order valence-corrected chi connectivity index (χ2v) is 8.32. The van der Waals surface area contributed by atoms with E-state index in [1.54, 1.807) is 0 Å². The lowest BCUT2D eigenvalue weighted by molar-refractivity contribution is 0.124. The number of hydrogen-bond donors (Lipinski definition) is 2. The van der Waals surface area contributed by atoms with Crippen LogP contribution in [0.2, 0.25) is 0 Å². The first-order valence-corrected chi connectivity index (χ1v) is 10.7. The van der Waals surface area contributed by atoms with Gasteiger partial charge < -0.3 is 20.4 Å². The molecular formula is C21H41N7. The van der Waals surface area contributed by atoms with Crippen molar-refractivity contribution in [1.29, 1.82) is 0 Å². The third-order valence-corrected chi connectivity index (χ3v) is 5.88. The summed E-state index contributed by atoms with van der Waals surface area (Å²) in [5.74, 6) is 1.47. The fourth-order valence-electron chi connectivity index (χ4n) is 3.96. The van der Waals surface area contributed by atoms with Crippen LogP contribution in [0.3, 0.4) is 0 Å². The van der Waals surface area contributed by atoms with E-state index >= 15 is 0 Å². The standard InChI is InChI=1S/C21H41N7/c1-8-27-9-11-28(12-10-27)15-16(2)14-23-21(22-6)24-17(3)13-20-18(4)25-26(7)19(20)5/h16-17H,8-15H2,1-7H3,(H2,22,23,24). The maximum Gasteiger partial charge on any atom is 0.191 e. The number of likely N-dealkylation sites (N-methyl/N-ethyl adjacent to an activating group) is 1. The summed E-state index contributed by atoms with van der Waals surface area (Å²) in [6.45, 7) is 19.0. The SMILES string of the molecule is CCN1CCN(CC(C)CNC(=NC)NC(C)Cc2c(C)nn(C)c2C)CC1. The first-order valence-electron chi connectivity index (χ1n) is 10.7. The summed E-state index contributed by atoms with van der Waals surface area (Å²) in [7, 11) is 3.85. The molecule has 1 aliphatic rings. The van der Waals surface area contributed by atoms with E-state index in [-0.39, 0.29) is 0 Å². The van der Waals surface area contributed by atoms with Gasteiger partial charge in [0.2, 0.25) is 0 Å². The van der Waals surface area contributed by atoms with Crippen molar-refractivity contribution in [2.45, 2.75) is 47.1 Å². The first kappa shape index (κ1) is 22.7. The Morgan fingerprint density at radius 2 is 1.79 bits per heavy atom. The van der Waals surface area contributed by atoms with E-state index < -0.39 is 0 Å². The highest BCUT2D eigenvalue weighted by atomic mass is 15.3. The van der Waals surface area contributed by atoms with Crippen molar-refractivity contribution in [1.82, 2.24) is 30.2 Å². The molecule has 0 radical (unpaired) electrons. The van der Waals surface area contributed by atoms with E-state index in [9.17, 15) is 0 Å². The Morgan fingerprint density at radius 3 is 2.32 bits per heavy atom. The van der Waals surface area contributed by atoms with Crippen LogP contribution in [-0.4, -0.2) is 84.4 Å². The van der Waals surface area contributed by atoms with E-state index in [4.69, 9.17) is 0 Å². The third-order valence-electron chi connectivity index (χ3n) is 5.88. The second-order valence-electron chi connectivity index (χ2n) is 8.32. The molecule has 2 rings (SSSR count). The molecule has 1 saturated heterocycles. The van der Waals surface area contributed by atoms with E-state index in [1.165, 1.54) is 44.0 Å². The lowest BCUT2D eigenvalue weighted by Crippen LogP contribution is -2.49. The van der Waals surface area contributed by atoms with Crippen molar-refractivity contribution in [3.63, 3.8) is 0 Å². The number of piperazine rings is 1. The number of aromatic nitrogens is 2. The number of aliphatic imine (C=N–C) groups is 1. The zero-order valence-corrected chi connectivity index (χ0v) is 19.0. The molecule has 2 unspecified atom stereocenters. The molecule has 0 bridgehead atoms. The van der Waals surface area contributed by atoms with Gasteiger partial charge in [-0.1, -0.05) is 13.8 Å². The molecule has 0 aliphatic carbocycles. The van der Waals surface area contributed by atoms with Gasteiger partial charge in [-0.3, -0.25) is 9.67 Å². The summed E-state index contributed by atoms with van der Waals surface area (Å²) in [6, 6.07) is 0.297. The fourth-order valence-corrected chi connectivity index (χ4v) is 3.96. The smallest absolute Gasteiger partial charge is 0.191 e. The lowest BCUT2D eigenvalue weighted by atomic mass is 10.1. The van der Waals surface area contributed by atoms with Crippen LogP contribution in [0.4, 0.5) is 0 Å². The van der Waals surface area contributed by atoms with Gasteiger partial charge in [0, 0.05) is 65.1 Å². The molecule has 0 aromatic carbocycles. The Hall–Kier alpha value is -1.60. The number of aryl methyl sites for hydroxylation is 2. The lowest BCUT2D eigenvalue weighted by Gasteiger charge is -2.35. The molecule has 0 saturated carbocycles. The van der Waals surface area contributed by atoms with Gasteiger partial charge in [0.15, 0.2) is 5.96 Å². The maximum absolute atomic E-state index is 4.52. The van der Waals surface area contributed by atoms with Gasteiger partial charge in [-0.15, -0.1) is 0 Å². The molecule has 1 aliphatic heterocycles. The highest BCUT2D eigenvalue weighted by molar-refractivity contribution is 5.79. The summed E-state index contributed by atoms with van der Waals surface area (Å²) in [4.78, 5) is 9.53. The average Bonchev–Trinajstić information content (AvgIpc) is 2.91. The van der Waals surface area contributed by atoms with Crippen molar-refractivity contribution in [2.75, 3.05) is 52.9 Å². The van der Waals surface area contributed by atoms with Crippen LogP contribution in [0.15, 0.2) is 4.99 Å². The van der Waals surface area contributed by atoms with Crippen molar-refractivity contribution < 1.29 is 0 Å². The van der Waals surface area contributed by atoms with Crippen LogP contribution >= 0.6 is 0 Å². The third kappa shape index (κ3) is 6.48. The molecule has 28 heavy (non-hydrogen) atoms. The molecule has 1 aromatic heterocycles. The van der Waals surface area contributed by atoms with Gasteiger partial charge in [-0.2, -0.15) is 5.10 Å². The van der Waals surface area contributed by atoms with Gasteiger partial charge in [-0.25, -0.2) is 0 Å². The quantitative estimate of drug-likeness (QED) is 0.518. The molecule has 2 heterocycles. The molecule has 0 amide bonds. The van der Waals surface area contributed by atoms with Crippen molar-refractivity contribution in [2.24, 2.45) is 18.0 Å². The second kappa shape index (κ2) is 10.8. The molecule has 7 nitrogen and oxygen atoms in total. The minimum Gasteiger partial charge on any atom is -0.356 e. The van der Waals surface area contributed by atoms with Gasteiger partial charge in [-0.05, 0) is 45.2 Å². The topological polar surface area (TPSA) is 60.7 Å². The zero-order chi connectivity index (χ0) is 20.7. The summed E-state index contributed by atoms with van der Waals surface area (Å²) in [6.07, 6.45) is 0.948. The summed E-state index contributed by atoms with van der Waals surface area (Å²) < 4.78 is 1.96. The molecular weight excluding hydrogens is 350 g/mol. The fraction of sp³-hybridized carbons (Fsp3) is 0.810. The van der Waals surface area contributed by atoms with Crippen molar-refractivity contribution in [3.05, 3.63) is 17.0 Å². The predicted molar refractivity (Wildman–Crippen MR) is 118 cm³/mol. The molecule has 2 N–H and O–H groups in total. The van der Waals surface area contributed by atoms with Gasteiger partial charge in [0.1, 0.15) is 0 Å². The van der Waals surface area contributed by atoms with Crippen molar-refractivity contribution >= 4 is 5.96 Å². The van der Waals surface area contributed by atoms with E-state index in [0.717, 1.165) is 31.2 Å². The molecule has 2 atom stereocenters. The Balaban J connectivity index is 1.74. The largest absolute Gasteiger partial charge is 0.356 e. The molecule has 1 fully saturated rings. The van der Waals surface area contributed by atoms with E-state index in [1.807, 2.05) is 18.8 Å². The zero-order valence-electron chi connectivity index (χ0n) is 19.0. The summed E-state index contributed by atoms with van der Waals surface area (Å²) in [5, 5.41) is 11.6. The normalized spacial score (nSPS) is 18.9. The average molecular weight is 392 g/mol. The van der Waals surface area contributed by atoms with Crippen LogP contribution in [0.1, 0.15) is 37.7 Å². The van der Waals surface area contributed by atoms with Gasteiger partial charge in [0.25, 0.3) is 0 Å². The number of nitrogens with one attached hydrogen (secondary N) is 2. The number of hydrogen-bond acceptors (Lipinski definition) is 4. The highest BCUT2D eigenvalue weighted by Crippen LogP contribution is 2.14.